The van der Waals surface area contributed by atoms with E-state index in [2.05, 4.69) is 10.1 Å². The summed E-state index contributed by atoms with van der Waals surface area (Å²) in [6.07, 6.45) is 1.95. The molecule has 0 spiro atoms. The van der Waals surface area contributed by atoms with Crippen molar-refractivity contribution >= 4 is 5.97 Å². The summed E-state index contributed by atoms with van der Waals surface area (Å²) in [5.41, 5.74) is -0.164. The summed E-state index contributed by atoms with van der Waals surface area (Å²) in [7, 11) is 0. The fourth-order valence-corrected chi connectivity index (χ4v) is 2.65. The first-order valence-electron chi connectivity index (χ1n) is 7.09. The third-order valence-corrected chi connectivity index (χ3v) is 3.77. The molecule has 2 atom stereocenters. The zero-order valence-electron chi connectivity index (χ0n) is 12.6. The Bertz CT molecular complexity index is 478. The van der Waals surface area contributed by atoms with Crippen LogP contribution in [-0.2, 0) is 16.8 Å². The first kappa shape index (κ1) is 15.0. The summed E-state index contributed by atoms with van der Waals surface area (Å²) in [6.45, 7) is 9.21. The van der Waals surface area contributed by atoms with Gasteiger partial charge in [-0.15, -0.1) is 0 Å². The van der Waals surface area contributed by atoms with Crippen LogP contribution in [0.3, 0.4) is 0 Å². The number of piperidine rings is 1. The Labute approximate surface area is 119 Å². The van der Waals surface area contributed by atoms with Crippen LogP contribution in [0.1, 0.15) is 52.3 Å². The molecule has 2 heterocycles. The molecule has 1 aromatic heterocycles. The van der Waals surface area contributed by atoms with Crippen LogP contribution in [-0.4, -0.2) is 38.7 Å². The topological polar surface area (TPSA) is 79.5 Å². The second-order valence-electron chi connectivity index (χ2n) is 6.63. The molecule has 1 aliphatic rings. The van der Waals surface area contributed by atoms with E-state index in [1.165, 1.54) is 0 Å². The van der Waals surface area contributed by atoms with Crippen LogP contribution in [0, 0.1) is 5.92 Å². The molecule has 6 heteroatoms. The smallest absolute Gasteiger partial charge is 0.321 e. The molecule has 0 saturated carbocycles. The number of carboxylic acid groups (broad SMARTS) is 1. The Morgan fingerprint density at radius 3 is 2.75 bits per heavy atom. The molecule has 112 valence electrons. The Kier molecular flexibility index (Phi) is 4.13. The van der Waals surface area contributed by atoms with E-state index in [4.69, 9.17) is 4.52 Å². The zero-order valence-corrected chi connectivity index (χ0v) is 12.6. The Hall–Kier alpha value is -1.43. The third-order valence-electron chi connectivity index (χ3n) is 3.77. The molecule has 0 amide bonds. The SMILES string of the molecule is CC1CCCN(Cc2nc(C(C)(C)C)no2)C1C(=O)O. The van der Waals surface area contributed by atoms with Crippen LogP contribution in [0.2, 0.25) is 0 Å². The molecule has 2 unspecified atom stereocenters. The second kappa shape index (κ2) is 5.52. The molecule has 2 rings (SSSR count). The van der Waals surface area contributed by atoms with Gasteiger partial charge in [-0.2, -0.15) is 4.98 Å². The first-order valence-corrected chi connectivity index (χ1v) is 7.09. The number of hydrogen-bond donors (Lipinski definition) is 1. The van der Waals surface area contributed by atoms with E-state index >= 15 is 0 Å². The molecular weight excluding hydrogens is 258 g/mol. The predicted molar refractivity (Wildman–Crippen MR) is 73.2 cm³/mol. The molecule has 1 fully saturated rings. The number of likely N-dealkylation sites (tertiary alicyclic amines) is 1. The summed E-state index contributed by atoms with van der Waals surface area (Å²) in [6, 6.07) is -0.464. The van der Waals surface area contributed by atoms with Crippen molar-refractivity contribution in [2.24, 2.45) is 5.92 Å². The Balaban J connectivity index is 2.11. The van der Waals surface area contributed by atoms with Gasteiger partial charge in [-0.1, -0.05) is 32.9 Å². The number of nitrogens with zero attached hydrogens (tertiary/aromatic N) is 3. The van der Waals surface area contributed by atoms with Crippen molar-refractivity contribution < 1.29 is 14.4 Å². The maximum absolute atomic E-state index is 11.4. The molecule has 0 bridgehead atoms. The van der Waals surface area contributed by atoms with Crippen LogP contribution in [0.15, 0.2) is 4.52 Å². The number of hydrogen-bond acceptors (Lipinski definition) is 5. The Morgan fingerprint density at radius 1 is 1.50 bits per heavy atom. The largest absolute Gasteiger partial charge is 0.480 e. The molecule has 6 nitrogen and oxygen atoms in total. The summed E-state index contributed by atoms with van der Waals surface area (Å²) < 4.78 is 5.26. The van der Waals surface area contributed by atoms with Gasteiger partial charge < -0.3 is 9.63 Å². The second-order valence-corrected chi connectivity index (χ2v) is 6.63. The van der Waals surface area contributed by atoms with Gasteiger partial charge in [0.05, 0.1) is 6.54 Å². The first-order chi connectivity index (χ1) is 9.29. The fourth-order valence-electron chi connectivity index (χ4n) is 2.65. The number of rotatable bonds is 3. The molecule has 20 heavy (non-hydrogen) atoms. The quantitative estimate of drug-likeness (QED) is 0.913. The molecule has 1 N–H and O–H groups in total. The van der Waals surface area contributed by atoms with E-state index in [0.29, 0.717) is 18.3 Å². The molecule has 0 aromatic carbocycles. The van der Waals surface area contributed by atoms with Gasteiger partial charge in [0.1, 0.15) is 6.04 Å². The van der Waals surface area contributed by atoms with Gasteiger partial charge in [0.15, 0.2) is 5.82 Å². The van der Waals surface area contributed by atoms with Crippen molar-refractivity contribution in [3.8, 4) is 0 Å². The fraction of sp³-hybridized carbons (Fsp3) is 0.786. The van der Waals surface area contributed by atoms with Crippen molar-refractivity contribution in [3.63, 3.8) is 0 Å². The lowest BCUT2D eigenvalue weighted by molar-refractivity contribution is -0.147. The number of carboxylic acids is 1. The van der Waals surface area contributed by atoms with E-state index in [-0.39, 0.29) is 11.3 Å². The van der Waals surface area contributed by atoms with Gasteiger partial charge >= 0.3 is 5.97 Å². The van der Waals surface area contributed by atoms with Crippen molar-refractivity contribution in [2.45, 2.75) is 58.5 Å². The van der Waals surface area contributed by atoms with Crippen molar-refractivity contribution in [1.82, 2.24) is 15.0 Å². The van der Waals surface area contributed by atoms with Gasteiger partial charge in [0, 0.05) is 5.41 Å². The van der Waals surface area contributed by atoms with Crippen LogP contribution in [0.5, 0.6) is 0 Å². The average Bonchev–Trinajstić information content (AvgIpc) is 2.76. The lowest BCUT2D eigenvalue weighted by atomic mass is 9.91. The van der Waals surface area contributed by atoms with E-state index in [0.717, 1.165) is 19.4 Å². The lowest BCUT2D eigenvalue weighted by Gasteiger charge is -2.36. The number of carbonyl (C=O) groups is 1. The van der Waals surface area contributed by atoms with Crippen molar-refractivity contribution in [3.05, 3.63) is 11.7 Å². The number of aromatic nitrogens is 2. The molecular formula is C14H23N3O3. The summed E-state index contributed by atoms with van der Waals surface area (Å²) in [5.74, 6) is 0.527. The van der Waals surface area contributed by atoms with E-state index in [9.17, 15) is 9.90 Å². The van der Waals surface area contributed by atoms with Crippen LogP contribution in [0.25, 0.3) is 0 Å². The van der Waals surface area contributed by atoms with Crippen LogP contribution < -0.4 is 0 Å². The van der Waals surface area contributed by atoms with Crippen molar-refractivity contribution in [2.75, 3.05) is 6.54 Å². The van der Waals surface area contributed by atoms with Crippen LogP contribution in [0.4, 0.5) is 0 Å². The van der Waals surface area contributed by atoms with E-state index < -0.39 is 12.0 Å². The standard InChI is InChI=1S/C14H23N3O3/c1-9-6-5-7-17(11(9)12(18)19)8-10-15-13(16-20-10)14(2,3)4/h9,11H,5-8H2,1-4H3,(H,18,19). The molecule has 1 saturated heterocycles. The third kappa shape index (κ3) is 3.17. The molecule has 1 aromatic rings. The molecule has 1 aliphatic heterocycles. The maximum atomic E-state index is 11.4. The highest BCUT2D eigenvalue weighted by atomic mass is 16.5. The highest BCUT2D eigenvalue weighted by Gasteiger charge is 2.35. The average molecular weight is 281 g/mol. The normalized spacial score (nSPS) is 24.8. The predicted octanol–water partition coefficient (Wildman–Crippen LogP) is 2.05. The molecule has 0 radical (unpaired) electrons. The minimum absolute atomic E-state index is 0.145. The lowest BCUT2D eigenvalue weighted by Crippen LogP contribution is -2.48. The molecule has 0 aliphatic carbocycles. The summed E-state index contributed by atoms with van der Waals surface area (Å²) >= 11 is 0. The summed E-state index contributed by atoms with van der Waals surface area (Å²) in [4.78, 5) is 17.7. The van der Waals surface area contributed by atoms with Crippen LogP contribution >= 0.6 is 0 Å². The van der Waals surface area contributed by atoms with Gasteiger partial charge in [-0.05, 0) is 25.3 Å². The van der Waals surface area contributed by atoms with Gasteiger partial charge in [-0.3, -0.25) is 9.69 Å². The highest BCUT2D eigenvalue weighted by molar-refractivity contribution is 5.74. The highest BCUT2D eigenvalue weighted by Crippen LogP contribution is 2.25. The monoisotopic (exact) mass is 281 g/mol. The summed E-state index contributed by atoms with van der Waals surface area (Å²) in [5, 5.41) is 13.4. The van der Waals surface area contributed by atoms with E-state index in [1.807, 2.05) is 32.6 Å². The minimum Gasteiger partial charge on any atom is -0.480 e. The Morgan fingerprint density at radius 2 is 2.20 bits per heavy atom. The van der Waals surface area contributed by atoms with Gasteiger partial charge in [-0.25, -0.2) is 0 Å². The maximum Gasteiger partial charge on any atom is 0.321 e. The van der Waals surface area contributed by atoms with Crippen molar-refractivity contribution in [1.29, 1.82) is 0 Å². The van der Waals surface area contributed by atoms with E-state index in [1.54, 1.807) is 0 Å². The van der Waals surface area contributed by atoms with Gasteiger partial charge in [0.25, 0.3) is 0 Å². The van der Waals surface area contributed by atoms with Gasteiger partial charge in [0.2, 0.25) is 5.89 Å². The number of aliphatic carboxylic acids is 1. The minimum atomic E-state index is -0.771. The zero-order chi connectivity index (χ0) is 14.9.